The maximum Gasteiger partial charge on any atom is 0.228 e. The topological polar surface area (TPSA) is 83.8 Å². The summed E-state index contributed by atoms with van der Waals surface area (Å²) in [5.74, 6) is 0.0424. The molecule has 86 valence electrons. The van der Waals surface area contributed by atoms with E-state index in [1.807, 2.05) is 18.2 Å². The van der Waals surface area contributed by atoms with Crippen molar-refractivity contribution < 1.29 is 4.79 Å². The highest BCUT2D eigenvalue weighted by atomic mass is 16.1. The molecule has 0 saturated carbocycles. The number of nitrogens with two attached hydrogens (primary N) is 1. The number of H-pyrrole nitrogens is 1. The highest BCUT2D eigenvalue weighted by Gasteiger charge is 2.18. The van der Waals surface area contributed by atoms with Gasteiger partial charge in [0.1, 0.15) is 0 Å². The summed E-state index contributed by atoms with van der Waals surface area (Å²) in [5, 5.41) is 9.74. The van der Waals surface area contributed by atoms with E-state index in [-0.39, 0.29) is 5.91 Å². The first-order chi connectivity index (χ1) is 8.28. The fourth-order valence-corrected chi connectivity index (χ4v) is 2.10. The maximum atomic E-state index is 11.3. The van der Waals surface area contributed by atoms with Gasteiger partial charge in [-0.15, -0.1) is 0 Å². The Hall–Kier alpha value is -2.14. The average molecular weight is 228 g/mol. The van der Waals surface area contributed by atoms with Crippen molar-refractivity contribution in [2.75, 3.05) is 5.32 Å². The number of aromatic nitrogens is 2. The van der Waals surface area contributed by atoms with Crippen molar-refractivity contribution in [2.45, 2.75) is 13.0 Å². The first kappa shape index (κ1) is 10.0. The van der Waals surface area contributed by atoms with Gasteiger partial charge in [-0.1, -0.05) is 6.07 Å². The van der Waals surface area contributed by atoms with Crippen LogP contribution in [0.25, 0.3) is 11.3 Å². The van der Waals surface area contributed by atoms with Crippen molar-refractivity contribution in [1.82, 2.24) is 10.2 Å². The number of benzene rings is 1. The molecule has 1 amide bonds. The fourth-order valence-electron chi connectivity index (χ4n) is 2.10. The molecule has 0 radical (unpaired) electrons. The number of amides is 1. The van der Waals surface area contributed by atoms with E-state index < -0.39 is 0 Å². The third kappa shape index (κ3) is 1.60. The Balaban J connectivity index is 2.06. The number of hydrogen-bond donors (Lipinski definition) is 3. The van der Waals surface area contributed by atoms with Crippen molar-refractivity contribution in [2.24, 2.45) is 5.73 Å². The molecule has 5 nitrogen and oxygen atoms in total. The molecule has 0 aliphatic carbocycles. The zero-order valence-corrected chi connectivity index (χ0v) is 9.16. The van der Waals surface area contributed by atoms with Gasteiger partial charge in [0.05, 0.1) is 18.3 Å². The number of aromatic amines is 1. The van der Waals surface area contributed by atoms with Crippen molar-refractivity contribution in [3.8, 4) is 11.3 Å². The number of fused-ring (bicyclic) bond motifs is 1. The maximum absolute atomic E-state index is 11.3. The molecule has 3 rings (SSSR count). The summed E-state index contributed by atoms with van der Waals surface area (Å²) in [6.45, 7) is 0.445. The quantitative estimate of drug-likeness (QED) is 0.717. The molecule has 0 spiro atoms. The number of nitrogens with zero attached hydrogens (tertiary/aromatic N) is 1. The summed E-state index contributed by atoms with van der Waals surface area (Å²) in [4.78, 5) is 11.3. The zero-order valence-electron chi connectivity index (χ0n) is 9.16. The fraction of sp³-hybridized carbons (Fsp3) is 0.167. The second kappa shape index (κ2) is 3.71. The zero-order chi connectivity index (χ0) is 11.8. The predicted octanol–water partition coefficient (Wildman–Crippen LogP) is 1.03. The molecule has 0 fully saturated rings. The van der Waals surface area contributed by atoms with Crippen LogP contribution in [-0.2, 0) is 17.8 Å². The molecule has 1 aliphatic rings. The van der Waals surface area contributed by atoms with Gasteiger partial charge in [-0.3, -0.25) is 9.89 Å². The third-order valence-electron chi connectivity index (χ3n) is 2.96. The Morgan fingerprint density at radius 3 is 3.12 bits per heavy atom. The molecule has 4 N–H and O–H groups in total. The molecule has 0 atom stereocenters. The molecule has 0 bridgehead atoms. The van der Waals surface area contributed by atoms with E-state index in [0.29, 0.717) is 13.0 Å². The molecule has 1 aliphatic heterocycles. The van der Waals surface area contributed by atoms with Crippen LogP contribution >= 0.6 is 0 Å². The van der Waals surface area contributed by atoms with Crippen molar-refractivity contribution in [1.29, 1.82) is 0 Å². The third-order valence-corrected chi connectivity index (χ3v) is 2.96. The summed E-state index contributed by atoms with van der Waals surface area (Å²) in [5.41, 5.74) is 10.5. The van der Waals surface area contributed by atoms with E-state index in [9.17, 15) is 4.79 Å². The number of carbonyl (C=O) groups excluding carboxylic acids is 1. The van der Waals surface area contributed by atoms with Crippen molar-refractivity contribution in [3.63, 3.8) is 0 Å². The molecule has 0 unspecified atom stereocenters. The first-order valence-corrected chi connectivity index (χ1v) is 5.43. The summed E-state index contributed by atoms with van der Waals surface area (Å²) in [6, 6.07) is 5.87. The summed E-state index contributed by atoms with van der Waals surface area (Å²) >= 11 is 0. The number of hydrogen-bond acceptors (Lipinski definition) is 3. The highest BCUT2D eigenvalue weighted by Crippen LogP contribution is 2.29. The monoisotopic (exact) mass is 228 g/mol. The molecule has 1 aromatic carbocycles. The first-order valence-electron chi connectivity index (χ1n) is 5.43. The molecule has 5 heteroatoms. The van der Waals surface area contributed by atoms with Crippen LogP contribution in [0.4, 0.5) is 5.69 Å². The lowest BCUT2D eigenvalue weighted by Gasteiger charge is -2.04. The van der Waals surface area contributed by atoms with Gasteiger partial charge in [0.25, 0.3) is 0 Å². The predicted molar refractivity (Wildman–Crippen MR) is 64.2 cm³/mol. The molecular weight excluding hydrogens is 216 g/mol. The van der Waals surface area contributed by atoms with Gasteiger partial charge >= 0.3 is 0 Å². The van der Waals surface area contributed by atoms with Crippen LogP contribution < -0.4 is 11.1 Å². The van der Waals surface area contributed by atoms with E-state index in [0.717, 1.165) is 28.1 Å². The summed E-state index contributed by atoms with van der Waals surface area (Å²) in [6.07, 6.45) is 2.17. The van der Waals surface area contributed by atoms with E-state index in [4.69, 9.17) is 5.73 Å². The second-order valence-corrected chi connectivity index (χ2v) is 4.07. The molecule has 2 aromatic rings. The normalized spacial score (nSPS) is 13.6. The lowest BCUT2D eigenvalue weighted by molar-refractivity contribution is -0.115. The van der Waals surface area contributed by atoms with Crippen LogP contribution in [0, 0.1) is 0 Å². The van der Waals surface area contributed by atoms with E-state index >= 15 is 0 Å². The number of anilines is 1. The van der Waals surface area contributed by atoms with Gasteiger partial charge in [-0.25, -0.2) is 0 Å². The van der Waals surface area contributed by atoms with Gasteiger partial charge in [-0.2, -0.15) is 5.10 Å². The molecule has 17 heavy (non-hydrogen) atoms. The van der Waals surface area contributed by atoms with Gasteiger partial charge < -0.3 is 11.1 Å². The van der Waals surface area contributed by atoms with Crippen LogP contribution in [0.1, 0.15) is 11.1 Å². The van der Waals surface area contributed by atoms with Crippen molar-refractivity contribution in [3.05, 3.63) is 35.5 Å². The second-order valence-electron chi connectivity index (χ2n) is 4.07. The molecule has 2 heterocycles. The van der Waals surface area contributed by atoms with Crippen LogP contribution in [0.3, 0.4) is 0 Å². The highest BCUT2D eigenvalue weighted by molar-refractivity contribution is 5.99. The van der Waals surface area contributed by atoms with E-state index in [2.05, 4.69) is 15.5 Å². The SMILES string of the molecule is NCc1cn[nH]c1-c1ccc2c(c1)CC(=O)N2. The van der Waals surface area contributed by atoms with Gasteiger partial charge in [0, 0.05) is 23.4 Å². The minimum Gasteiger partial charge on any atom is -0.326 e. The van der Waals surface area contributed by atoms with Gasteiger partial charge in [0.2, 0.25) is 5.91 Å². The average Bonchev–Trinajstić information content (AvgIpc) is 2.91. The van der Waals surface area contributed by atoms with E-state index in [1.165, 1.54) is 0 Å². The Morgan fingerprint density at radius 1 is 1.41 bits per heavy atom. The Morgan fingerprint density at radius 2 is 2.29 bits per heavy atom. The van der Waals surface area contributed by atoms with Gasteiger partial charge in [-0.05, 0) is 17.7 Å². The summed E-state index contributed by atoms with van der Waals surface area (Å²) in [7, 11) is 0. The van der Waals surface area contributed by atoms with Crippen LogP contribution in [0.2, 0.25) is 0 Å². The standard InChI is InChI=1S/C12H12N4O/c13-5-9-6-14-16-12(9)7-1-2-10-8(3-7)4-11(17)15-10/h1-3,6H,4-5,13H2,(H,14,16)(H,15,17). The Kier molecular flexibility index (Phi) is 2.19. The Bertz CT molecular complexity index is 588. The largest absolute Gasteiger partial charge is 0.326 e. The lowest BCUT2D eigenvalue weighted by Crippen LogP contribution is -2.03. The number of rotatable bonds is 2. The number of carbonyl (C=O) groups is 1. The van der Waals surface area contributed by atoms with E-state index in [1.54, 1.807) is 6.20 Å². The summed E-state index contributed by atoms with van der Waals surface area (Å²) < 4.78 is 0. The van der Waals surface area contributed by atoms with Crippen LogP contribution in [0.5, 0.6) is 0 Å². The minimum atomic E-state index is 0.0424. The van der Waals surface area contributed by atoms with Crippen molar-refractivity contribution >= 4 is 11.6 Å². The minimum absolute atomic E-state index is 0.0424. The Labute approximate surface area is 98.0 Å². The van der Waals surface area contributed by atoms with Crippen LogP contribution in [-0.4, -0.2) is 16.1 Å². The van der Waals surface area contributed by atoms with Crippen LogP contribution in [0.15, 0.2) is 24.4 Å². The van der Waals surface area contributed by atoms with Gasteiger partial charge in [0.15, 0.2) is 0 Å². The smallest absolute Gasteiger partial charge is 0.228 e. The molecule has 0 saturated heterocycles. The lowest BCUT2D eigenvalue weighted by atomic mass is 10.0. The molecular formula is C12H12N4O. The number of nitrogens with one attached hydrogen (secondary N) is 2. The molecule has 1 aromatic heterocycles.